The molecule has 0 saturated carbocycles. The average Bonchev–Trinajstić information content (AvgIpc) is 3.18. The van der Waals surface area contributed by atoms with E-state index in [2.05, 4.69) is 26.1 Å². The minimum Gasteiger partial charge on any atom is -0.361 e. The third-order valence-electron chi connectivity index (χ3n) is 4.82. The zero-order valence-corrected chi connectivity index (χ0v) is 17.1. The molecular weight excluding hydrogens is 386 g/mol. The molecular formula is C21H23N5O2S. The summed E-state index contributed by atoms with van der Waals surface area (Å²) in [4.78, 5) is 26.0. The van der Waals surface area contributed by atoms with Gasteiger partial charge in [-0.1, -0.05) is 23.0 Å². The third-order valence-corrected chi connectivity index (χ3v) is 5.86. The van der Waals surface area contributed by atoms with Crippen LogP contribution in [-0.2, 0) is 12.3 Å². The van der Waals surface area contributed by atoms with Gasteiger partial charge < -0.3 is 9.42 Å². The number of aryl methyl sites for hydroxylation is 1. The molecule has 0 aromatic carbocycles. The summed E-state index contributed by atoms with van der Waals surface area (Å²) in [6.07, 6.45) is 5.40. The Kier molecular flexibility index (Phi) is 6.21. The standard InChI is InChI=1S/C21H23N5O2S/c1-16-12-18(24-28-16)15-29-20-19(5-3-7-23-20)21(27)26-10-8-25(9-11-26)14-17-4-2-6-22-13-17/h2-7,12-13H,8-11,14-15H2,1H3. The molecule has 0 aliphatic carbocycles. The number of amides is 1. The van der Waals surface area contributed by atoms with E-state index in [1.807, 2.05) is 42.3 Å². The Morgan fingerprint density at radius 1 is 1.17 bits per heavy atom. The van der Waals surface area contributed by atoms with E-state index in [-0.39, 0.29) is 5.91 Å². The summed E-state index contributed by atoms with van der Waals surface area (Å²) in [5.74, 6) is 1.44. The maximum absolute atomic E-state index is 13.1. The number of carbonyl (C=O) groups is 1. The van der Waals surface area contributed by atoms with Crippen LogP contribution in [0.25, 0.3) is 0 Å². The van der Waals surface area contributed by atoms with Crippen molar-refractivity contribution in [3.63, 3.8) is 0 Å². The summed E-state index contributed by atoms with van der Waals surface area (Å²) >= 11 is 1.51. The van der Waals surface area contributed by atoms with Crippen molar-refractivity contribution in [2.45, 2.75) is 24.2 Å². The fourth-order valence-corrected chi connectivity index (χ4v) is 4.19. The summed E-state index contributed by atoms with van der Waals surface area (Å²) < 4.78 is 5.11. The van der Waals surface area contributed by atoms with Crippen LogP contribution < -0.4 is 0 Å². The highest BCUT2D eigenvalue weighted by atomic mass is 32.2. The SMILES string of the molecule is Cc1cc(CSc2ncccc2C(=O)N2CCN(Cc3cccnc3)CC2)no1. The second kappa shape index (κ2) is 9.19. The molecule has 1 fully saturated rings. The van der Waals surface area contributed by atoms with Gasteiger partial charge in [-0.2, -0.15) is 0 Å². The Morgan fingerprint density at radius 3 is 2.72 bits per heavy atom. The molecule has 1 aliphatic heterocycles. The van der Waals surface area contributed by atoms with E-state index in [1.54, 1.807) is 12.4 Å². The molecule has 8 heteroatoms. The lowest BCUT2D eigenvalue weighted by molar-refractivity contribution is 0.0624. The van der Waals surface area contributed by atoms with Gasteiger partial charge in [0.05, 0.1) is 11.3 Å². The first-order valence-corrected chi connectivity index (χ1v) is 10.6. The highest BCUT2D eigenvalue weighted by Crippen LogP contribution is 2.25. The van der Waals surface area contributed by atoms with Gasteiger partial charge in [0.1, 0.15) is 10.8 Å². The molecule has 0 N–H and O–H groups in total. The second-order valence-electron chi connectivity index (χ2n) is 7.00. The fraction of sp³-hybridized carbons (Fsp3) is 0.333. The molecule has 0 spiro atoms. The van der Waals surface area contributed by atoms with Gasteiger partial charge in [-0.05, 0) is 30.7 Å². The number of hydrogen-bond donors (Lipinski definition) is 0. The highest BCUT2D eigenvalue weighted by molar-refractivity contribution is 7.98. The lowest BCUT2D eigenvalue weighted by Crippen LogP contribution is -2.48. The van der Waals surface area contributed by atoms with E-state index < -0.39 is 0 Å². The van der Waals surface area contributed by atoms with Crippen molar-refractivity contribution in [2.24, 2.45) is 0 Å². The number of rotatable bonds is 6. The molecule has 7 nitrogen and oxygen atoms in total. The van der Waals surface area contributed by atoms with Crippen molar-refractivity contribution in [3.8, 4) is 0 Å². The summed E-state index contributed by atoms with van der Waals surface area (Å²) in [6.45, 7) is 5.84. The van der Waals surface area contributed by atoms with Crippen molar-refractivity contribution in [1.82, 2.24) is 24.9 Å². The van der Waals surface area contributed by atoms with Crippen LogP contribution in [0.5, 0.6) is 0 Å². The molecule has 0 atom stereocenters. The number of thioether (sulfide) groups is 1. The van der Waals surface area contributed by atoms with E-state index in [0.29, 0.717) is 24.4 Å². The van der Waals surface area contributed by atoms with Crippen LogP contribution in [0.1, 0.15) is 27.4 Å². The smallest absolute Gasteiger partial charge is 0.256 e. The number of nitrogens with zero attached hydrogens (tertiary/aromatic N) is 5. The zero-order chi connectivity index (χ0) is 20.1. The Morgan fingerprint density at radius 2 is 2.00 bits per heavy atom. The Balaban J connectivity index is 1.36. The van der Waals surface area contributed by atoms with Crippen LogP contribution in [-0.4, -0.2) is 57.0 Å². The summed E-state index contributed by atoms with van der Waals surface area (Å²) in [5, 5.41) is 4.74. The highest BCUT2D eigenvalue weighted by Gasteiger charge is 2.24. The van der Waals surface area contributed by atoms with Crippen LogP contribution in [0.4, 0.5) is 0 Å². The van der Waals surface area contributed by atoms with Gasteiger partial charge in [0.2, 0.25) is 0 Å². The Bertz CT molecular complexity index is 954. The van der Waals surface area contributed by atoms with Gasteiger partial charge in [0.15, 0.2) is 0 Å². The van der Waals surface area contributed by atoms with E-state index >= 15 is 0 Å². The van der Waals surface area contributed by atoms with Gasteiger partial charge in [0, 0.05) is 63.1 Å². The lowest BCUT2D eigenvalue weighted by atomic mass is 10.2. The van der Waals surface area contributed by atoms with Crippen LogP contribution in [0.15, 0.2) is 58.5 Å². The predicted molar refractivity (Wildman–Crippen MR) is 110 cm³/mol. The monoisotopic (exact) mass is 409 g/mol. The number of piperazine rings is 1. The molecule has 4 rings (SSSR count). The molecule has 3 aromatic rings. The van der Waals surface area contributed by atoms with Crippen LogP contribution >= 0.6 is 11.8 Å². The molecule has 1 saturated heterocycles. The van der Waals surface area contributed by atoms with E-state index in [0.717, 1.165) is 36.1 Å². The summed E-state index contributed by atoms with van der Waals surface area (Å²) in [6, 6.07) is 9.61. The third kappa shape index (κ3) is 5.02. The van der Waals surface area contributed by atoms with Gasteiger partial charge in [-0.15, -0.1) is 0 Å². The molecule has 29 heavy (non-hydrogen) atoms. The number of pyridine rings is 2. The van der Waals surface area contributed by atoms with Gasteiger partial charge >= 0.3 is 0 Å². The molecule has 0 bridgehead atoms. The zero-order valence-electron chi connectivity index (χ0n) is 16.3. The lowest BCUT2D eigenvalue weighted by Gasteiger charge is -2.34. The molecule has 0 unspecified atom stereocenters. The van der Waals surface area contributed by atoms with Crippen molar-refractivity contribution in [3.05, 3.63) is 71.5 Å². The van der Waals surface area contributed by atoms with Crippen molar-refractivity contribution < 1.29 is 9.32 Å². The second-order valence-corrected chi connectivity index (χ2v) is 7.97. The van der Waals surface area contributed by atoms with Gasteiger partial charge in [0.25, 0.3) is 5.91 Å². The quantitative estimate of drug-likeness (QED) is 0.579. The number of aromatic nitrogens is 3. The van der Waals surface area contributed by atoms with E-state index in [1.165, 1.54) is 17.3 Å². The van der Waals surface area contributed by atoms with E-state index in [9.17, 15) is 4.79 Å². The van der Waals surface area contributed by atoms with Crippen LogP contribution in [0.2, 0.25) is 0 Å². The van der Waals surface area contributed by atoms with Crippen molar-refractivity contribution >= 4 is 17.7 Å². The Labute approximate surface area is 174 Å². The van der Waals surface area contributed by atoms with Gasteiger partial charge in [-0.25, -0.2) is 4.98 Å². The molecule has 1 amide bonds. The topological polar surface area (TPSA) is 75.4 Å². The first-order chi connectivity index (χ1) is 14.2. The van der Waals surface area contributed by atoms with E-state index in [4.69, 9.17) is 4.52 Å². The van der Waals surface area contributed by atoms with Crippen molar-refractivity contribution in [1.29, 1.82) is 0 Å². The van der Waals surface area contributed by atoms with Crippen molar-refractivity contribution in [2.75, 3.05) is 26.2 Å². The predicted octanol–water partition coefficient (Wildman–Crippen LogP) is 3.02. The summed E-state index contributed by atoms with van der Waals surface area (Å²) in [7, 11) is 0. The molecule has 3 aromatic heterocycles. The molecule has 1 aliphatic rings. The molecule has 150 valence electrons. The molecule has 0 radical (unpaired) electrons. The maximum atomic E-state index is 13.1. The summed E-state index contributed by atoms with van der Waals surface area (Å²) in [5.41, 5.74) is 2.69. The normalized spacial score (nSPS) is 14.9. The minimum absolute atomic E-state index is 0.0398. The Hall–Kier alpha value is -2.71. The van der Waals surface area contributed by atoms with Gasteiger partial charge in [-0.3, -0.25) is 14.7 Å². The van der Waals surface area contributed by atoms with Crippen LogP contribution in [0.3, 0.4) is 0 Å². The number of carbonyl (C=O) groups excluding carboxylic acids is 1. The first-order valence-electron chi connectivity index (χ1n) is 9.59. The van der Waals surface area contributed by atoms with Crippen LogP contribution in [0, 0.1) is 6.92 Å². The largest absolute Gasteiger partial charge is 0.361 e. The molecule has 4 heterocycles. The minimum atomic E-state index is 0.0398. The maximum Gasteiger partial charge on any atom is 0.256 e. The number of hydrogen-bond acceptors (Lipinski definition) is 7. The first kappa shape index (κ1) is 19.6. The fourth-order valence-electron chi connectivity index (χ4n) is 3.33. The average molecular weight is 410 g/mol.